The molecule has 0 spiro atoms. The number of hydrogen-bond acceptors (Lipinski definition) is 3. The van der Waals surface area contributed by atoms with Gasteiger partial charge in [-0.2, -0.15) is 0 Å². The van der Waals surface area contributed by atoms with Crippen LogP contribution in [0.15, 0.2) is 24.3 Å². The van der Waals surface area contributed by atoms with E-state index in [4.69, 9.17) is 5.14 Å². The first-order valence-electron chi connectivity index (χ1n) is 4.60. The molecule has 1 aromatic rings. The quantitative estimate of drug-likeness (QED) is 0.818. The van der Waals surface area contributed by atoms with Crippen LogP contribution in [-0.4, -0.2) is 27.4 Å². The third-order valence-corrected chi connectivity index (χ3v) is 2.59. The van der Waals surface area contributed by atoms with Gasteiger partial charge in [0, 0.05) is 6.54 Å². The van der Waals surface area contributed by atoms with Crippen molar-refractivity contribution >= 4 is 10.0 Å². The lowest BCUT2D eigenvalue weighted by molar-refractivity contribution is 0.402. The van der Waals surface area contributed by atoms with Gasteiger partial charge in [0.05, 0.1) is 5.75 Å². The van der Waals surface area contributed by atoms with Gasteiger partial charge in [0.2, 0.25) is 10.0 Å². The van der Waals surface area contributed by atoms with E-state index >= 15 is 0 Å². The molecule has 0 bridgehead atoms. The van der Waals surface area contributed by atoms with Gasteiger partial charge in [-0.15, -0.1) is 0 Å². The van der Waals surface area contributed by atoms with Gasteiger partial charge in [-0.1, -0.05) is 24.3 Å². The number of nitrogens with two attached hydrogens (primary N) is 1. The van der Waals surface area contributed by atoms with Gasteiger partial charge in [-0.05, 0) is 25.2 Å². The number of hydrogen-bond donors (Lipinski definition) is 1. The Bertz CT molecular complexity index is 427. The molecule has 0 saturated heterocycles. The molecule has 0 atom stereocenters. The predicted octanol–water partition coefficient (Wildman–Crippen LogP) is 0.537. The molecule has 4 nitrogen and oxygen atoms in total. The number of rotatable bonds is 4. The molecule has 2 N–H and O–H groups in total. The molecule has 0 aliphatic carbocycles. The van der Waals surface area contributed by atoms with Gasteiger partial charge in [0.25, 0.3) is 0 Å². The summed E-state index contributed by atoms with van der Waals surface area (Å²) < 4.78 is 21.8. The molecule has 0 aliphatic rings. The third-order valence-electron chi connectivity index (χ3n) is 1.86. The molecule has 0 unspecified atom stereocenters. The highest BCUT2D eigenvalue weighted by atomic mass is 32.2. The first kappa shape index (κ1) is 12.2. The van der Waals surface area contributed by atoms with E-state index in [9.17, 15) is 8.42 Å². The maximum atomic E-state index is 10.9. The SMILES string of the molecule is CN(C)Cc1cccc(CS(N)(=O)=O)c1. The molecule has 0 heterocycles. The molecule has 1 aromatic carbocycles. The van der Waals surface area contributed by atoms with Crippen LogP contribution in [-0.2, 0) is 22.3 Å². The second-order valence-corrected chi connectivity index (χ2v) is 5.48. The first-order valence-corrected chi connectivity index (χ1v) is 6.31. The number of benzene rings is 1. The summed E-state index contributed by atoms with van der Waals surface area (Å²) in [7, 11) is 0.493. The largest absolute Gasteiger partial charge is 0.305 e. The summed E-state index contributed by atoms with van der Waals surface area (Å²) in [6.07, 6.45) is 0. The molecule has 1 rings (SSSR count). The van der Waals surface area contributed by atoms with Gasteiger partial charge < -0.3 is 4.90 Å². The van der Waals surface area contributed by atoms with E-state index in [0.29, 0.717) is 0 Å². The summed E-state index contributed by atoms with van der Waals surface area (Å²) in [6, 6.07) is 7.44. The summed E-state index contributed by atoms with van der Waals surface area (Å²) in [5.74, 6) is -0.103. The topological polar surface area (TPSA) is 63.4 Å². The van der Waals surface area contributed by atoms with E-state index in [1.807, 2.05) is 37.2 Å². The van der Waals surface area contributed by atoms with E-state index in [1.165, 1.54) is 0 Å². The summed E-state index contributed by atoms with van der Waals surface area (Å²) in [5, 5.41) is 4.98. The Labute approximate surface area is 90.8 Å². The summed E-state index contributed by atoms with van der Waals surface area (Å²) in [6.45, 7) is 0.790. The Morgan fingerprint density at radius 1 is 1.27 bits per heavy atom. The lowest BCUT2D eigenvalue weighted by Gasteiger charge is -2.10. The van der Waals surface area contributed by atoms with Crippen molar-refractivity contribution in [2.24, 2.45) is 5.14 Å². The Kier molecular flexibility index (Phi) is 3.84. The lowest BCUT2D eigenvalue weighted by atomic mass is 10.1. The average Bonchev–Trinajstić information content (AvgIpc) is 1.99. The summed E-state index contributed by atoms with van der Waals surface area (Å²) >= 11 is 0. The monoisotopic (exact) mass is 228 g/mol. The number of primary sulfonamides is 1. The molecule has 84 valence electrons. The second kappa shape index (κ2) is 4.74. The predicted molar refractivity (Wildman–Crippen MR) is 60.6 cm³/mol. The molecule has 0 amide bonds. The molecule has 0 saturated carbocycles. The molecule has 0 aliphatic heterocycles. The van der Waals surface area contributed by atoms with E-state index in [-0.39, 0.29) is 5.75 Å². The molecule has 0 radical (unpaired) electrons. The van der Waals surface area contributed by atoms with Crippen molar-refractivity contribution in [1.29, 1.82) is 0 Å². The Morgan fingerprint density at radius 3 is 2.40 bits per heavy atom. The Hall–Kier alpha value is -0.910. The van der Waals surface area contributed by atoms with Crippen LogP contribution in [0.4, 0.5) is 0 Å². The highest BCUT2D eigenvalue weighted by molar-refractivity contribution is 7.88. The normalized spacial score (nSPS) is 12.0. The molecule has 5 heteroatoms. The molecular formula is C10H16N2O2S. The van der Waals surface area contributed by atoms with E-state index in [1.54, 1.807) is 6.07 Å². The van der Waals surface area contributed by atoms with Crippen LogP contribution in [0.2, 0.25) is 0 Å². The van der Waals surface area contributed by atoms with Gasteiger partial charge in [-0.25, -0.2) is 13.6 Å². The highest BCUT2D eigenvalue weighted by Crippen LogP contribution is 2.09. The van der Waals surface area contributed by atoms with Crippen LogP contribution in [0.25, 0.3) is 0 Å². The van der Waals surface area contributed by atoms with E-state index < -0.39 is 10.0 Å². The van der Waals surface area contributed by atoms with E-state index in [0.717, 1.165) is 17.7 Å². The molecule has 0 fully saturated rings. The first-order chi connectivity index (χ1) is 6.87. The minimum Gasteiger partial charge on any atom is -0.305 e. The van der Waals surface area contributed by atoms with Gasteiger partial charge in [0.15, 0.2) is 0 Å². The van der Waals surface area contributed by atoms with Crippen molar-refractivity contribution in [2.45, 2.75) is 12.3 Å². The minimum atomic E-state index is -3.44. The summed E-state index contributed by atoms with van der Waals surface area (Å²) in [4.78, 5) is 2.02. The maximum Gasteiger partial charge on any atom is 0.213 e. The molecule has 15 heavy (non-hydrogen) atoms. The van der Waals surface area contributed by atoms with Crippen molar-refractivity contribution in [3.05, 3.63) is 35.4 Å². The Balaban J connectivity index is 2.83. The van der Waals surface area contributed by atoms with Crippen molar-refractivity contribution in [3.63, 3.8) is 0 Å². The standard InChI is InChI=1S/C10H16N2O2S/c1-12(2)7-9-4-3-5-10(6-9)8-15(11,13)14/h3-6H,7-8H2,1-2H3,(H2,11,13,14). The van der Waals surface area contributed by atoms with E-state index in [2.05, 4.69) is 0 Å². The second-order valence-electron chi connectivity index (χ2n) is 3.86. The van der Waals surface area contributed by atoms with Gasteiger partial charge in [-0.3, -0.25) is 0 Å². The molecule has 0 aromatic heterocycles. The van der Waals surface area contributed by atoms with Gasteiger partial charge in [0.1, 0.15) is 0 Å². The lowest BCUT2D eigenvalue weighted by Crippen LogP contribution is -2.15. The van der Waals surface area contributed by atoms with Crippen LogP contribution in [0.1, 0.15) is 11.1 Å². The third kappa shape index (κ3) is 4.92. The fraction of sp³-hybridized carbons (Fsp3) is 0.400. The zero-order valence-electron chi connectivity index (χ0n) is 8.97. The van der Waals surface area contributed by atoms with Crippen molar-refractivity contribution < 1.29 is 8.42 Å². The van der Waals surface area contributed by atoms with Crippen LogP contribution < -0.4 is 5.14 Å². The zero-order valence-corrected chi connectivity index (χ0v) is 9.79. The highest BCUT2D eigenvalue weighted by Gasteiger charge is 2.05. The maximum absolute atomic E-state index is 10.9. The van der Waals surface area contributed by atoms with Crippen molar-refractivity contribution in [3.8, 4) is 0 Å². The smallest absolute Gasteiger partial charge is 0.213 e. The van der Waals surface area contributed by atoms with Gasteiger partial charge >= 0.3 is 0 Å². The van der Waals surface area contributed by atoms with Crippen LogP contribution in [0.3, 0.4) is 0 Å². The Morgan fingerprint density at radius 2 is 1.87 bits per heavy atom. The fourth-order valence-electron chi connectivity index (χ4n) is 1.42. The number of nitrogens with zero attached hydrogens (tertiary/aromatic N) is 1. The van der Waals surface area contributed by atoms with Crippen molar-refractivity contribution in [1.82, 2.24) is 4.90 Å². The van der Waals surface area contributed by atoms with Crippen LogP contribution >= 0.6 is 0 Å². The van der Waals surface area contributed by atoms with Crippen molar-refractivity contribution in [2.75, 3.05) is 14.1 Å². The fourth-order valence-corrected chi connectivity index (χ4v) is 2.06. The molecular weight excluding hydrogens is 212 g/mol. The average molecular weight is 228 g/mol. The zero-order chi connectivity index (χ0) is 11.5. The summed E-state index contributed by atoms with van der Waals surface area (Å²) in [5.41, 5.74) is 1.82. The van der Waals surface area contributed by atoms with Crippen LogP contribution in [0, 0.1) is 0 Å². The number of sulfonamides is 1. The minimum absolute atomic E-state index is 0.103. The van der Waals surface area contributed by atoms with Crippen LogP contribution in [0.5, 0.6) is 0 Å².